The number of aromatic amines is 2. The topological polar surface area (TPSA) is 130 Å². The Bertz CT molecular complexity index is 2200. The maximum atomic E-state index is 14.0. The number of carbonyl (C=O) groups excluding carboxylic acids is 2. The van der Waals surface area contributed by atoms with Crippen LogP contribution in [0.15, 0.2) is 77.3 Å². The summed E-state index contributed by atoms with van der Waals surface area (Å²) in [6, 6.07) is 21.3. The van der Waals surface area contributed by atoms with E-state index in [1.54, 1.807) is 6.20 Å². The number of hydrogen-bond donors (Lipinski definition) is 2. The average molecular weight is 686 g/mol. The minimum absolute atomic E-state index is 0.0847. The SMILES string of the molecule is CN(C)CC(=O)N1CCC[C@H]1c1nc2c(-c3ncc(-c4ccc5[nH]c([C@@H]6CCCN6C(=O)[C@@H](c6ccccc6)N(C)C)nc5c4)o3)cccc2[nH]1. The molecule has 2 fully saturated rings. The van der Waals surface area contributed by atoms with Crippen LogP contribution in [0.3, 0.4) is 0 Å². The Morgan fingerprint density at radius 2 is 1.59 bits per heavy atom. The molecule has 0 bridgehead atoms. The molecular formula is C39H43N9O3. The van der Waals surface area contributed by atoms with Crippen LogP contribution in [-0.2, 0) is 9.59 Å². The molecule has 2 N–H and O–H groups in total. The Kier molecular flexibility index (Phi) is 8.64. The number of nitrogens with one attached hydrogen (secondary N) is 2. The number of likely N-dealkylation sites (tertiary alicyclic amines) is 2. The molecule has 2 aliphatic heterocycles. The van der Waals surface area contributed by atoms with Gasteiger partial charge >= 0.3 is 0 Å². The highest BCUT2D eigenvalue weighted by Crippen LogP contribution is 2.37. The number of fused-ring (bicyclic) bond motifs is 2. The number of nitrogens with zero attached hydrogens (tertiary/aromatic N) is 7. The lowest BCUT2D eigenvalue weighted by molar-refractivity contribution is -0.137. The van der Waals surface area contributed by atoms with Gasteiger partial charge in [-0.25, -0.2) is 15.0 Å². The molecular weight excluding hydrogens is 642 g/mol. The van der Waals surface area contributed by atoms with Crippen LogP contribution < -0.4 is 0 Å². The van der Waals surface area contributed by atoms with Crippen molar-refractivity contribution in [2.45, 2.75) is 43.8 Å². The summed E-state index contributed by atoms with van der Waals surface area (Å²) in [4.78, 5) is 56.4. The van der Waals surface area contributed by atoms with Crippen molar-refractivity contribution in [1.29, 1.82) is 0 Å². The van der Waals surface area contributed by atoms with Gasteiger partial charge in [-0.3, -0.25) is 14.5 Å². The number of hydrogen-bond acceptors (Lipinski definition) is 8. The normalized spacial score (nSPS) is 18.5. The molecule has 12 heteroatoms. The summed E-state index contributed by atoms with van der Waals surface area (Å²) < 4.78 is 6.37. The minimum atomic E-state index is -0.364. The third-order valence-corrected chi connectivity index (χ3v) is 10.1. The summed E-state index contributed by atoms with van der Waals surface area (Å²) in [6.45, 7) is 1.80. The second kappa shape index (κ2) is 13.4. The van der Waals surface area contributed by atoms with Crippen molar-refractivity contribution < 1.29 is 14.0 Å². The van der Waals surface area contributed by atoms with E-state index in [1.165, 1.54) is 0 Å². The van der Waals surface area contributed by atoms with Crippen LogP contribution in [0, 0.1) is 0 Å². The van der Waals surface area contributed by atoms with E-state index < -0.39 is 0 Å². The van der Waals surface area contributed by atoms with E-state index >= 15 is 0 Å². The number of oxazole rings is 1. The van der Waals surface area contributed by atoms with Gasteiger partial charge in [0.2, 0.25) is 17.7 Å². The predicted octanol–water partition coefficient (Wildman–Crippen LogP) is 5.95. The van der Waals surface area contributed by atoms with E-state index in [2.05, 4.69) is 15.0 Å². The van der Waals surface area contributed by atoms with Gasteiger partial charge in [0.25, 0.3) is 0 Å². The number of carbonyl (C=O) groups is 2. The van der Waals surface area contributed by atoms with Gasteiger partial charge in [0, 0.05) is 18.7 Å². The third-order valence-electron chi connectivity index (χ3n) is 10.1. The van der Waals surface area contributed by atoms with Gasteiger partial charge in [-0.15, -0.1) is 0 Å². The summed E-state index contributed by atoms with van der Waals surface area (Å²) in [5.41, 5.74) is 5.96. The molecule has 262 valence electrons. The molecule has 8 rings (SSSR count). The summed E-state index contributed by atoms with van der Waals surface area (Å²) in [6.07, 6.45) is 5.32. The Hall–Kier alpha value is -5.33. The molecule has 12 nitrogen and oxygen atoms in total. The molecule has 2 aliphatic rings. The van der Waals surface area contributed by atoms with Crippen LogP contribution >= 0.6 is 0 Å². The lowest BCUT2D eigenvalue weighted by Crippen LogP contribution is -2.40. The summed E-state index contributed by atoms with van der Waals surface area (Å²) >= 11 is 0. The maximum Gasteiger partial charge on any atom is 0.245 e. The summed E-state index contributed by atoms with van der Waals surface area (Å²) in [5, 5.41) is 0. The molecule has 2 saturated heterocycles. The molecule has 6 aromatic rings. The van der Waals surface area contributed by atoms with E-state index in [-0.39, 0.29) is 29.9 Å². The molecule has 5 heterocycles. The highest BCUT2D eigenvalue weighted by Gasteiger charge is 2.37. The number of amides is 2. The van der Waals surface area contributed by atoms with Crippen molar-refractivity contribution in [3.63, 3.8) is 0 Å². The fourth-order valence-corrected chi connectivity index (χ4v) is 7.73. The van der Waals surface area contributed by atoms with E-state index in [4.69, 9.17) is 14.4 Å². The number of rotatable bonds is 9. The lowest BCUT2D eigenvalue weighted by atomic mass is 10.0. The van der Waals surface area contributed by atoms with Crippen LogP contribution in [0.2, 0.25) is 0 Å². The second-order valence-electron chi connectivity index (χ2n) is 14.2. The van der Waals surface area contributed by atoms with E-state index in [9.17, 15) is 9.59 Å². The number of benzene rings is 3. The molecule has 0 radical (unpaired) electrons. The first-order chi connectivity index (χ1) is 24.7. The van der Waals surface area contributed by atoms with Gasteiger partial charge in [0.15, 0.2) is 5.76 Å². The largest absolute Gasteiger partial charge is 0.436 e. The fraction of sp³-hybridized carbons (Fsp3) is 0.359. The minimum Gasteiger partial charge on any atom is -0.436 e. The Labute approximate surface area is 296 Å². The quantitative estimate of drug-likeness (QED) is 0.191. The van der Waals surface area contributed by atoms with E-state index in [0.717, 1.165) is 82.6 Å². The molecule has 0 aliphatic carbocycles. The number of likely N-dealkylation sites (N-methyl/N-ethyl adjacent to an activating group) is 2. The summed E-state index contributed by atoms with van der Waals surface area (Å²) in [5.74, 6) is 2.86. The monoisotopic (exact) mass is 685 g/mol. The van der Waals surface area contributed by atoms with Gasteiger partial charge in [-0.2, -0.15) is 0 Å². The van der Waals surface area contributed by atoms with Crippen molar-refractivity contribution in [2.75, 3.05) is 47.8 Å². The Morgan fingerprint density at radius 1 is 0.863 bits per heavy atom. The number of imidazole rings is 2. The van der Waals surface area contributed by atoms with Crippen molar-refractivity contribution in [2.24, 2.45) is 0 Å². The standard InChI is InChI=1S/C39H43N9O3/c1-45(2)23-33(49)47-19-9-15-30(47)37-42-28-14-8-13-26(34(28)44-37)38-40-22-32(51-38)25-17-18-27-29(21-25)43-36(41-27)31-16-10-20-48(31)39(50)35(46(3)4)24-11-6-5-7-12-24/h5-8,11-14,17-18,21-22,30-31,35H,9-10,15-16,19-20,23H2,1-4H3,(H,41,43)(H,42,44)/t30-,31-,35+/m0/s1. The highest BCUT2D eigenvalue weighted by molar-refractivity contribution is 5.90. The molecule has 3 aromatic heterocycles. The van der Waals surface area contributed by atoms with Crippen LogP contribution in [0.5, 0.6) is 0 Å². The van der Waals surface area contributed by atoms with Gasteiger partial charge in [0.05, 0.1) is 46.9 Å². The molecule has 0 unspecified atom stereocenters. The molecule has 0 saturated carbocycles. The molecule has 3 atom stereocenters. The zero-order valence-corrected chi connectivity index (χ0v) is 29.5. The molecule has 51 heavy (non-hydrogen) atoms. The Morgan fingerprint density at radius 3 is 2.35 bits per heavy atom. The van der Waals surface area contributed by atoms with Crippen LogP contribution in [0.25, 0.3) is 44.8 Å². The van der Waals surface area contributed by atoms with Crippen LogP contribution in [0.1, 0.15) is 61.0 Å². The molecule has 0 spiro atoms. The third kappa shape index (κ3) is 6.19. The van der Waals surface area contributed by atoms with Gasteiger partial charge in [0.1, 0.15) is 23.2 Å². The molecule has 2 amide bonds. The zero-order chi connectivity index (χ0) is 35.2. The Balaban J connectivity index is 1.04. The highest BCUT2D eigenvalue weighted by atomic mass is 16.4. The zero-order valence-electron chi connectivity index (χ0n) is 29.5. The fourth-order valence-electron chi connectivity index (χ4n) is 7.73. The number of aromatic nitrogens is 5. The smallest absolute Gasteiger partial charge is 0.245 e. The first-order valence-electron chi connectivity index (χ1n) is 17.7. The van der Waals surface area contributed by atoms with E-state index in [1.807, 2.05) is 115 Å². The van der Waals surface area contributed by atoms with Gasteiger partial charge in [-0.1, -0.05) is 36.4 Å². The molecule has 3 aromatic carbocycles. The van der Waals surface area contributed by atoms with Crippen molar-refractivity contribution >= 4 is 33.9 Å². The van der Waals surface area contributed by atoms with Crippen molar-refractivity contribution in [1.82, 2.24) is 44.5 Å². The first-order valence-corrected chi connectivity index (χ1v) is 17.7. The van der Waals surface area contributed by atoms with E-state index in [0.29, 0.717) is 24.7 Å². The van der Waals surface area contributed by atoms with Crippen molar-refractivity contribution in [3.05, 3.63) is 90.1 Å². The first kappa shape index (κ1) is 32.9. The average Bonchev–Trinajstić information content (AvgIpc) is 3.96. The summed E-state index contributed by atoms with van der Waals surface area (Å²) in [7, 11) is 7.72. The van der Waals surface area contributed by atoms with Gasteiger partial charge in [-0.05, 0) is 89.8 Å². The van der Waals surface area contributed by atoms with Crippen molar-refractivity contribution in [3.8, 4) is 22.8 Å². The lowest BCUT2D eigenvalue weighted by Gasteiger charge is -2.31. The van der Waals surface area contributed by atoms with Crippen LogP contribution in [-0.4, -0.2) is 104 Å². The predicted molar refractivity (Wildman–Crippen MR) is 195 cm³/mol. The van der Waals surface area contributed by atoms with Gasteiger partial charge < -0.3 is 29.1 Å². The number of H-pyrrole nitrogens is 2. The maximum absolute atomic E-state index is 14.0. The second-order valence-corrected chi connectivity index (χ2v) is 14.2. The number of para-hydroxylation sites is 1. The van der Waals surface area contributed by atoms with Crippen LogP contribution in [0.4, 0.5) is 0 Å².